The summed E-state index contributed by atoms with van der Waals surface area (Å²) in [6.07, 6.45) is 2.84. The largest absolute Gasteiger partial charge is 0.368 e. The number of carbonyl (C=O) groups excluding carboxylic acids is 1. The van der Waals surface area contributed by atoms with E-state index in [1.54, 1.807) is 35.2 Å². The van der Waals surface area contributed by atoms with E-state index >= 15 is 0 Å². The molecule has 2 atom stereocenters. The Hall–Kier alpha value is -2.39. The molecule has 2 aliphatic heterocycles. The van der Waals surface area contributed by atoms with Crippen LogP contribution in [-0.2, 0) is 16.4 Å². The zero-order valence-electron chi connectivity index (χ0n) is 15.7. The van der Waals surface area contributed by atoms with Crippen molar-refractivity contribution < 1.29 is 17.7 Å². The Labute approximate surface area is 164 Å². The predicted octanol–water partition coefficient (Wildman–Crippen LogP) is 2.21. The lowest BCUT2D eigenvalue weighted by atomic mass is 9.94. The minimum absolute atomic E-state index is 0.0390. The van der Waals surface area contributed by atoms with Crippen molar-refractivity contribution >= 4 is 21.6 Å². The van der Waals surface area contributed by atoms with Gasteiger partial charge in [0.25, 0.3) is 5.91 Å². The average Bonchev–Trinajstić information content (AvgIpc) is 3.16. The Balaban J connectivity index is 1.49. The van der Waals surface area contributed by atoms with Crippen LogP contribution in [0.4, 0.5) is 5.69 Å². The van der Waals surface area contributed by atoms with Gasteiger partial charge in [0.1, 0.15) is 10.7 Å². The van der Waals surface area contributed by atoms with Gasteiger partial charge in [-0.25, -0.2) is 8.42 Å². The summed E-state index contributed by atoms with van der Waals surface area (Å²) in [5.41, 5.74) is 0.905. The summed E-state index contributed by atoms with van der Waals surface area (Å²) >= 11 is 0. The second-order valence-corrected chi connectivity index (χ2v) is 9.00. The van der Waals surface area contributed by atoms with E-state index in [0.717, 1.165) is 25.7 Å². The summed E-state index contributed by atoms with van der Waals surface area (Å²) in [6, 6.07) is 8.55. The van der Waals surface area contributed by atoms with E-state index < -0.39 is 16.2 Å². The molecule has 0 spiro atoms. The molecular weight excluding hydrogens is 380 g/mol. The van der Waals surface area contributed by atoms with Crippen molar-refractivity contribution in [2.45, 2.75) is 43.7 Å². The molecule has 2 aliphatic rings. The van der Waals surface area contributed by atoms with Crippen molar-refractivity contribution in [2.75, 3.05) is 18.4 Å². The number of hydrogen-bond acceptors (Lipinski definition) is 6. The van der Waals surface area contributed by atoms with Crippen LogP contribution in [0.15, 0.2) is 39.8 Å². The van der Waals surface area contributed by atoms with Gasteiger partial charge >= 0.3 is 0 Å². The SMILES string of the molecule is CCCc1cc(C(=O)N2CCC[C@@H]([C@@H]3Nc4ccccc4S(=O)(=O)N3)C2)no1. The Kier molecular flexibility index (Phi) is 5.11. The van der Waals surface area contributed by atoms with Gasteiger partial charge in [-0.2, -0.15) is 4.72 Å². The molecular formula is C19H24N4O4S. The van der Waals surface area contributed by atoms with E-state index in [1.165, 1.54) is 0 Å². The minimum atomic E-state index is -3.58. The van der Waals surface area contributed by atoms with E-state index in [4.69, 9.17) is 4.52 Å². The molecule has 1 aromatic heterocycles. The number of para-hydroxylation sites is 1. The van der Waals surface area contributed by atoms with Gasteiger partial charge in [-0.3, -0.25) is 4.79 Å². The number of amides is 1. The van der Waals surface area contributed by atoms with Gasteiger partial charge < -0.3 is 14.7 Å². The number of piperidine rings is 1. The van der Waals surface area contributed by atoms with Crippen LogP contribution in [0.3, 0.4) is 0 Å². The van der Waals surface area contributed by atoms with Crippen LogP contribution in [0.1, 0.15) is 42.4 Å². The summed E-state index contributed by atoms with van der Waals surface area (Å²) in [6.45, 7) is 3.12. The number of rotatable bonds is 4. The fourth-order valence-electron chi connectivity index (χ4n) is 3.87. The molecule has 0 radical (unpaired) electrons. The highest BCUT2D eigenvalue weighted by molar-refractivity contribution is 7.89. The van der Waals surface area contributed by atoms with E-state index in [2.05, 4.69) is 15.2 Å². The van der Waals surface area contributed by atoms with Crippen LogP contribution in [0.25, 0.3) is 0 Å². The van der Waals surface area contributed by atoms with Crippen LogP contribution in [0, 0.1) is 5.92 Å². The number of nitrogens with zero attached hydrogens (tertiary/aromatic N) is 2. The average molecular weight is 404 g/mol. The standard InChI is InChI=1S/C19H24N4O4S/c1-2-6-14-11-16(21-27-14)19(24)23-10-5-7-13(12-23)18-20-15-8-3-4-9-17(15)28(25,26)22-18/h3-4,8-9,11,13,18,20,22H,2,5-7,10,12H2,1H3/t13-,18-/m1/s1. The lowest BCUT2D eigenvalue weighted by Crippen LogP contribution is -2.54. The fraction of sp³-hybridized carbons (Fsp3) is 0.474. The third kappa shape index (κ3) is 3.64. The molecule has 2 aromatic rings. The normalized spacial score (nSPS) is 23.7. The molecule has 0 unspecified atom stereocenters. The highest BCUT2D eigenvalue weighted by atomic mass is 32.2. The van der Waals surface area contributed by atoms with Gasteiger partial charge in [-0.05, 0) is 31.4 Å². The summed E-state index contributed by atoms with van der Waals surface area (Å²) < 4.78 is 33.1. The molecule has 1 saturated heterocycles. The second kappa shape index (κ2) is 7.56. The number of anilines is 1. The number of sulfonamides is 1. The van der Waals surface area contributed by atoms with Crippen molar-refractivity contribution in [2.24, 2.45) is 5.92 Å². The van der Waals surface area contributed by atoms with Crippen molar-refractivity contribution in [3.63, 3.8) is 0 Å². The molecule has 150 valence electrons. The molecule has 1 fully saturated rings. The minimum Gasteiger partial charge on any atom is -0.368 e. The van der Waals surface area contributed by atoms with Crippen LogP contribution >= 0.6 is 0 Å². The maximum absolute atomic E-state index is 12.8. The Morgan fingerprint density at radius 3 is 3.00 bits per heavy atom. The van der Waals surface area contributed by atoms with Gasteiger partial charge in [0, 0.05) is 31.5 Å². The number of aryl methyl sites for hydroxylation is 1. The number of fused-ring (bicyclic) bond motifs is 1. The monoisotopic (exact) mass is 404 g/mol. The lowest BCUT2D eigenvalue weighted by molar-refractivity contribution is 0.0648. The smallest absolute Gasteiger partial charge is 0.276 e. The van der Waals surface area contributed by atoms with Gasteiger partial charge in [0.05, 0.1) is 11.9 Å². The van der Waals surface area contributed by atoms with E-state index in [9.17, 15) is 13.2 Å². The third-order valence-electron chi connectivity index (χ3n) is 5.26. The molecule has 2 N–H and O–H groups in total. The first kappa shape index (κ1) is 18.9. The number of carbonyl (C=O) groups is 1. The van der Waals surface area contributed by atoms with E-state index in [-0.39, 0.29) is 16.7 Å². The predicted molar refractivity (Wildman–Crippen MR) is 103 cm³/mol. The summed E-state index contributed by atoms with van der Waals surface area (Å²) in [4.78, 5) is 14.8. The second-order valence-electron chi connectivity index (χ2n) is 7.32. The number of aromatic nitrogens is 1. The zero-order valence-corrected chi connectivity index (χ0v) is 16.5. The number of benzene rings is 1. The summed E-state index contributed by atoms with van der Waals surface area (Å²) in [5.74, 6) is 0.496. The molecule has 1 aromatic carbocycles. The molecule has 0 saturated carbocycles. The molecule has 0 bridgehead atoms. The first-order valence-electron chi connectivity index (χ1n) is 9.60. The Bertz CT molecular complexity index is 972. The van der Waals surface area contributed by atoms with Gasteiger partial charge in [-0.1, -0.05) is 24.2 Å². The molecule has 4 rings (SSSR count). The highest BCUT2D eigenvalue weighted by Crippen LogP contribution is 2.30. The quantitative estimate of drug-likeness (QED) is 0.810. The molecule has 28 heavy (non-hydrogen) atoms. The maximum atomic E-state index is 12.8. The number of likely N-dealkylation sites (tertiary alicyclic amines) is 1. The Morgan fingerprint density at radius 1 is 1.36 bits per heavy atom. The lowest BCUT2D eigenvalue weighted by Gasteiger charge is -2.39. The molecule has 1 amide bonds. The number of nitrogens with one attached hydrogen (secondary N) is 2. The van der Waals surface area contributed by atoms with Crippen molar-refractivity contribution in [1.82, 2.24) is 14.8 Å². The third-order valence-corrected chi connectivity index (χ3v) is 6.76. The van der Waals surface area contributed by atoms with Crippen molar-refractivity contribution in [3.8, 4) is 0 Å². The van der Waals surface area contributed by atoms with Crippen LogP contribution in [-0.4, -0.2) is 43.6 Å². The van der Waals surface area contributed by atoms with Gasteiger partial charge in [0.2, 0.25) is 10.0 Å². The van der Waals surface area contributed by atoms with Gasteiger partial charge in [-0.15, -0.1) is 0 Å². The molecule has 9 heteroatoms. The molecule has 0 aliphatic carbocycles. The first-order chi connectivity index (χ1) is 13.5. The zero-order chi connectivity index (χ0) is 19.7. The Morgan fingerprint density at radius 2 is 2.18 bits per heavy atom. The molecule has 3 heterocycles. The highest BCUT2D eigenvalue weighted by Gasteiger charge is 2.37. The van der Waals surface area contributed by atoms with Gasteiger partial charge in [0.15, 0.2) is 5.69 Å². The van der Waals surface area contributed by atoms with Crippen LogP contribution in [0.5, 0.6) is 0 Å². The topological polar surface area (TPSA) is 105 Å². The van der Waals surface area contributed by atoms with E-state index in [0.29, 0.717) is 30.2 Å². The fourth-order valence-corrected chi connectivity index (χ4v) is 5.26. The first-order valence-corrected chi connectivity index (χ1v) is 11.1. The number of hydrogen-bond donors (Lipinski definition) is 2. The maximum Gasteiger partial charge on any atom is 0.276 e. The van der Waals surface area contributed by atoms with Crippen LogP contribution < -0.4 is 10.0 Å². The summed E-state index contributed by atoms with van der Waals surface area (Å²) in [5, 5.41) is 7.19. The molecule has 8 nitrogen and oxygen atoms in total. The van der Waals surface area contributed by atoms with Crippen molar-refractivity contribution in [3.05, 3.63) is 41.8 Å². The van der Waals surface area contributed by atoms with E-state index in [1.807, 2.05) is 6.92 Å². The van der Waals surface area contributed by atoms with Crippen molar-refractivity contribution in [1.29, 1.82) is 0 Å². The summed E-state index contributed by atoms with van der Waals surface area (Å²) in [7, 11) is -3.58. The van der Waals surface area contributed by atoms with Crippen LogP contribution in [0.2, 0.25) is 0 Å².